The fourth-order valence-electron chi connectivity index (χ4n) is 3.98. The van der Waals surface area contributed by atoms with Crippen LogP contribution in [-0.2, 0) is 22.6 Å². The minimum Gasteiger partial charge on any atom is -0.406 e. The van der Waals surface area contributed by atoms with E-state index in [4.69, 9.17) is 16.3 Å². The predicted octanol–water partition coefficient (Wildman–Crippen LogP) is 0.933. The monoisotopic (exact) mass is 556 g/mol. The van der Waals surface area contributed by atoms with Gasteiger partial charge in [-0.2, -0.15) is 0 Å². The molecule has 0 saturated carbocycles. The van der Waals surface area contributed by atoms with Gasteiger partial charge in [-0.1, -0.05) is 17.3 Å². The summed E-state index contributed by atoms with van der Waals surface area (Å²) in [5.41, 5.74) is 6.49. The number of aryl methyl sites for hydroxylation is 1. The second-order valence-electron chi connectivity index (χ2n) is 9.35. The van der Waals surface area contributed by atoms with Gasteiger partial charge in [-0.05, 0) is 49.3 Å². The van der Waals surface area contributed by atoms with Gasteiger partial charge in [0.25, 0.3) is 5.91 Å². The summed E-state index contributed by atoms with van der Waals surface area (Å²) >= 11 is 0. The van der Waals surface area contributed by atoms with Crippen molar-refractivity contribution in [2.24, 2.45) is 17.5 Å². The molecule has 0 bridgehead atoms. The zero-order valence-corrected chi connectivity index (χ0v) is 21.5. The molecule has 1 saturated heterocycles. The van der Waals surface area contributed by atoms with Crippen molar-refractivity contribution in [3.05, 3.63) is 41.7 Å². The van der Waals surface area contributed by atoms with Crippen molar-refractivity contribution in [3.8, 4) is 5.75 Å². The molecule has 15 heteroatoms. The van der Waals surface area contributed by atoms with Crippen LogP contribution in [0.15, 0.2) is 30.5 Å². The van der Waals surface area contributed by atoms with E-state index in [0.29, 0.717) is 57.2 Å². The molecule has 2 heterocycles. The molecule has 1 atom stereocenters. The smallest absolute Gasteiger partial charge is 0.406 e. The van der Waals surface area contributed by atoms with Gasteiger partial charge in [0.15, 0.2) is 5.69 Å². The normalized spacial score (nSPS) is 15.2. The van der Waals surface area contributed by atoms with Crippen LogP contribution in [0, 0.1) is 5.92 Å². The summed E-state index contributed by atoms with van der Waals surface area (Å²) in [7, 11) is 0. The maximum atomic E-state index is 12.4. The van der Waals surface area contributed by atoms with Crippen LogP contribution < -0.4 is 26.9 Å². The Morgan fingerprint density at radius 2 is 2.00 bits per heavy atom. The molecule has 0 radical (unpaired) electrons. The molecule has 12 nitrogen and oxygen atoms in total. The Hall–Kier alpha value is -3.27. The number of ether oxygens (including phenoxy) is 2. The lowest BCUT2D eigenvalue weighted by atomic mass is 10.0. The number of rotatable bonds is 14. The second-order valence-corrected chi connectivity index (χ2v) is 9.35. The summed E-state index contributed by atoms with van der Waals surface area (Å²) in [6, 6.07) is 4.60. The molecular weight excluding hydrogens is 521 g/mol. The highest BCUT2D eigenvalue weighted by Gasteiger charge is 2.31. The molecule has 3 rings (SSSR count). The van der Waals surface area contributed by atoms with Gasteiger partial charge in [-0.25, -0.2) is 5.01 Å². The molecule has 2 amide bonds. The minimum absolute atomic E-state index is 0.0111. The third kappa shape index (κ3) is 11.2. The number of unbranched alkanes of at least 4 members (excludes halogenated alkanes) is 1. The van der Waals surface area contributed by atoms with Crippen LogP contribution in [-0.4, -0.2) is 77.1 Å². The van der Waals surface area contributed by atoms with Crippen molar-refractivity contribution in [3.63, 3.8) is 0 Å². The Balaban J connectivity index is 1.31. The van der Waals surface area contributed by atoms with E-state index >= 15 is 0 Å². The quantitative estimate of drug-likeness (QED) is 0.151. The largest absolute Gasteiger partial charge is 0.573 e. The molecule has 1 fully saturated rings. The third-order valence-corrected chi connectivity index (χ3v) is 6.11. The Bertz CT molecular complexity index is 1060. The third-order valence-electron chi connectivity index (χ3n) is 6.11. The van der Waals surface area contributed by atoms with Gasteiger partial charge in [0.2, 0.25) is 5.91 Å². The van der Waals surface area contributed by atoms with Crippen molar-refractivity contribution >= 4 is 11.8 Å². The summed E-state index contributed by atoms with van der Waals surface area (Å²) < 4.78 is 47.9. The molecule has 1 aliphatic heterocycles. The van der Waals surface area contributed by atoms with E-state index in [0.717, 1.165) is 12.8 Å². The zero-order valence-electron chi connectivity index (χ0n) is 21.5. The van der Waals surface area contributed by atoms with E-state index in [2.05, 4.69) is 25.7 Å². The summed E-state index contributed by atoms with van der Waals surface area (Å²) in [6.07, 6.45) is -0.0711. The van der Waals surface area contributed by atoms with E-state index in [9.17, 15) is 22.8 Å². The van der Waals surface area contributed by atoms with Gasteiger partial charge in [0.05, 0.1) is 12.2 Å². The number of hydrogen-bond donors (Lipinski definition) is 4. The van der Waals surface area contributed by atoms with Gasteiger partial charge >= 0.3 is 6.36 Å². The number of aromatic nitrogens is 3. The summed E-state index contributed by atoms with van der Waals surface area (Å²) in [5, 5.41) is 14.8. The number of halogens is 3. The minimum atomic E-state index is -4.79. The highest BCUT2D eigenvalue weighted by atomic mass is 19.4. The van der Waals surface area contributed by atoms with Crippen molar-refractivity contribution in [2.45, 2.75) is 51.2 Å². The number of nitrogens with zero attached hydrogens (tertiary/aromatic N) is 4. The molecule has 216 valence electrons. The standard InChI is InChI=1S/C24H35F3N8O4/c25-24(26,27)39-19-5-3-4-18(12-19)14-31-23(37)21-16-35(33-32-21)9-2-1-8-34(29)15-20(28)22(36)30-13-17-6-10-38-11-7-17/h3-5,12,16-17,20H,1-2,6-11,13-15,28-29H2,(H,30,36)(H,31,37). The molecule has 0 spiro atoms. The maximum absolute atomic E-state index is 12.4. The van der Waals surface area contributed by atoms with Crippen LogP contribution in [0.2, 0.25) is 0 Å². The van der Waals surface area contributed by atoms with Gasteiger partial charge in [-0.3, -0.25) is 20.1 Å². The first kappa shape index (κ1) is 30.3. The van der Waals surface area contributed by atoms with Crippen LogP contribution in [0.1, 0.15) is 41.7 Å². The number of nitrogens with two attached hydrogens (primary N) is 2. The van der Waals surface area contributed by atoms with Crippen LogP contribution in [0.5, 0.6) is 5.75 Å². The Morgan fingerprint density at radius 3 is 2.74 bits per heavy atom. The number of nitrogens with one attached hydrogen (secondary N) is 2. The number of benzene rings is 1. The zero-order chi connectivity index (χ0) is 28.3. The number of alkyl halides is 3. The van der Waals surface area contributed by atoms with Gasteiger partial charge < -0.3 is 25.8 Å². The highest BCUT2D eigenvalue weighted by molar-refractivity contribution is 5.91. The SMILES string of the molecule is NC(CN(N)CCCCn1cc(C(=O)NCc2cccc(OC(F)(F)F)c2)nn1)C(=O)NCC1CCOCC1. The Kier molecular flexibility index (Phi) is 11.5. The van der Waals surface area contributed by atoms with Crippen LogP contribution >= 0.6 is 0 Å². The van der Waals surface area contributed by atoms with Gasteiger partial charge in [0, 0.05) is 45.9 Å². The Morgan fingerprint density at radius 1 is 1.23 bits per heavy atom. The van der Waals surface area contributed by atoms with E-state index in [1.807, 2.05) is 0 Å². The van der Waals surface area contributed by atoms with E-state index < -0.39 is 18.3 Å². The van der Waals surface area contributed by atoms with Crippen molar-refractivity contribution in [1.82, 2.24) is 30.6 Å². The molecular formula is C24H35F3N8O4. The van der Waals surface area contributed by atoms with Crippen LogP contribution in [0.3, 0.4) is 0 Å². The van der Waals surface area contributed by atoms with Crippen LogP contribution in [0.25, 0.3) is 0 Å². The Labute approximate surface area is 224 Å². The number of amides is 2. The molecule has 39 heavy (non-hydrogen) atoms. The van der Waals surface area contributed by atoms with E-state index in [-0.39, 0.29) is 30.4 Å². The lowest BCUT2D eigenvalue weighted by Crippen LogP contribution is -2.51. The summed E-state index contributed by atoms with van der Waals surface area (Å²) in [6.45, 7) is 3.23. The molecule has 1 aromatic heterocycles. The summed E-state index contributed by atoms with van der Waals surface area (Å²) in [5.74, 6) is 5.30. The highest BCUT2D eigenvalue weighted by Crippen LogP contribution is 2.23. The second kappa shape index (κ2) is 14.8. The van der Waals surface area contributed by atoms with Crippen molar-refractivity contribution in [2.75, 3.05) is 32.8 Å². The predicted molar refractivity (Wildman–Crippen MR) is 134 cm³/mol. The van der Waals surface area contributed by atoms with Gasteiger partial charge in [0.1, 0.15) is 5.75 Å². The van der Waals surface area contributed by atoms with Crippen molar-refractivity contribution in [1.29, 1.82) is 0 Å². The first-order chi connectivity index (χ1) is 18.6. The number of carbonyl (C=O) groups is 2. The first-order valence-electron chi connectivity index (χ1n) is 12.7. The lowest BCUT2D eigenvalue weighted by Gasteiger charge is -2.24. The van der Waals surface area contributed by atoms with Gasteiger partial charge in [-0.15, -0.1) is 18.3 Å². The average molecular weight is 557 g/mol. The van der Waals surface area contributed by atoms with E-state index in [1.165, 1.54) is 34.1 Å². The molecule has 0 aliphatic carbocycles. The average Bonchev–Trinajstić information content (AvgIpc) is 3.37. The maximum Gasteiger partial charge on any atom is 0.573 e. The first-order valence-corrected chi connectivity index (χ1v) is 12.7. The number of carbonyl (C=O) groups excluding carboxylic acids is 2. The number of hydrogen-bond acceptors (Lipinski definition) is 9. The topological polar surface area (TPSA) is 163 Å². The molecule has 2 aromatic rings. The van der Waals surface area contributed by atoms with E-state index in [1.54, 1.807) is 6.07 Å². The molecule has 1 aromatic carbocycles. The summed E-state index contributed by atoms with van der Waals surface area (Å²) in [4.78, 5) is 24.6. The fraction of sp³-hybridized carbons (Fsp3) is 0.583. The lowest BCUT2D eigenvalue weighted by molar-refractivity contribution is -0.274. The number of hydrazine groups is 1. The van der Waals surface area contributed by atoms with Crippen molar-refractivity contribution < 1.29 is 32.2 Å². The molecule has 6 N–H and O–H groups in total. The fourth-order valence-corrected chi connectivity index (χ4v) is 3.98. The molecule has 1 aliphatic rings. The van der Waals surface area contributed by atoms with Crippen LogP contribution in [0.4, 0.5) is 13.2 Å². The molecule has 1 unspecified atom stereocenters.